The zero-order chi connectivity index (χ0) is 15.4. The maximum Gasteiger partial charge on any atom is 0.124 e. The average molecular weight is 304 g/mol. The minimum atomic E-state index is 0.542. The van der Waals surface area contributed by atoms with E-state index in [4.69, 9.17) is 9.47 Å². The van der Waals surface area contributed by atoms with Crippen LogP contribution < -0.4 is 10.1 Å². The minimum Gasteiger partial charge on any atom is -0.496 e. The average Bonchev–Trinajstić information content (AvgIpc) is 3.16. The van der Waals surface area contributed by atoms with Gasteiger partial charge in [0.05, 0.1) is 13.7 Å². The molecule has 0 amide bonds. The fourth-order valence-corrected chi connectivity index (χ4v) is 3.82. The molecule has 122 valence electrons. The summed E-state index contributed by atoms with van der Waals surface area (Å²) >= 11 is 0. The SMILES string of the molecule is CCOCc1cc(CN2CCC3(CCNC3)C2)ccc1OC. The van der Waals surface area contributed by atoms with Crippen LogP contribution in [0.5, 0.6) is 5.75 Å². The zero-order valence-electron chi connectivity index (χ0n) is 13.9. The molecule has 2 saturated heterocycles. The van der Waals surface area contributed by atoms with Crippen LogP contribution in [0.3, 0.4) is 0 Å². The second-order valence-corrected chi connectivity index (χ2v) is 6.67. The first kappa shape index (κ1) is 15.8. The number of likely N-dealkylation sites (tertiary alicyclic amines) is 1. The molecule has 0 radical (unpaired) electrons. The van der Waals surface area contributed by atoms with Crippen LogP contribution in [0.1, 0.15) is 30.9 Å². The Hall–Kier alpha value is -1.10. The van der Waals surface area contributed by atoms with E-state index in [2.05, 4.69) is 28.4 Å². The molecule has 1 spiro atoms. The fourth-order valence-electron chi connectivity index (χ4n) is 3.82. The Bertz CT molecular complexity index is 498. The molecule has 4 heteroatoms. The molecule has 2 aliphatic rings. The first-order valence-corrected chi connectivity index (χ1v) is 8.41. The van der Waals surface area contributed by atoms with E-state index in [9.17, 15) is 0 Å². The molecule has 22 heavy (non-hydrogen) atoms. The quantitative estimate of drug-likeness (QED) is 0.875. The molecule has 1 aromatic rings. The number of methoxy groups -OCH3 is 1. The second kappa shape index (κ2) is 6.99. The van der Waals surface area contributed by atoms with Crippen molar-refractivity contribution in [1.82, 2.24) is 10.2 Å². The van der Waals surface area contributed by atoms with Crippen molar-refractivity contribution in [1.29, 1.82) is 0 Å². The van der Waals surface area contributed by atoms with Gasteiger partial charge in [-0.15, -0.1) is 0 Å². The van der Waals surface area contributed by atoms with Gasteiger partial charge in [0.1, 0.15) is 5.75 Å². The van der Waals surface area contributed by atoms with Crippen molar-refractivity contribution in [3.05, 3.63) is 29.3 Å². The van der Waals surface area contributed by atoms with Crippen molar-refractivity contribution in [3.63, 3.8) is 0 Å². The highest BCUT2D eigenvalue weighted by Gasteiger charge is 2.39. The van der Waals surface area contributed by atoms with Crippen LogP contribution in [0.15, 0.2) is 18.2 Å². The van der Waals surface area contributed by atoms with Gasteiger partial charge in [-0.25, -0.2) is 0 Å². The van der Waals surface area contributed by atoms with E-state index in [1.807, 2.05) is 6.92 Å². The minimum absolute atomic E-state index is 0.542. The van der Waals surface area contributed by atoms with Crippen LogP contribution in [-0.2, 0) is 17.9 Å². The summed E-state index contributed by atoms with van der Waals surface area (Å²) in [5.41, 5.74) is 3.05. The monoisotopic (exact) mass is 304 g/mol. The number of nitrogens with one attached hydrogen (secondary N) is 1. The molecular formula is C18H28N2O2. The number of rotatable bonds is 6. The van der Waals surface area contributed by atoms with Crippen molar-refractivity contribution < 1.29 is 9.47 Å². The van der Waals surface area contributed by atoms with Crippen LogP contribution in [0.25, 0.3) is 0 Å². The molecule has 1 unspecified atom stereocenters. The smallest absolute Gasteiger partial charge is 0.124 e. The maximum absolute atomic E-state index is 5.56. The number of nitrogens with zero attached hydrogens (tertiary/aromatic N) is 1. The van der Waals surface area contributed by atoms with Gasteiger partial charge < -0.3 is 14.8 Å². The lowest BCUT2D eigenvalue weighted by molar-refractivity contribution is 0.132. The lowest BCUT2D eigenvalue weighted by atomic mass is 9.86. The van der Waals surface area contributed by atoms with Crippen LogP contribution >= 0.6 is 0 Å². The number of hydrogen-bond acceptors (Lipinski definition) is 4. The molecule has 3 rings (SSSR count). The number of hydrogen-bond donors (Lipinski definition) is 1. The third-order valence-corrected chi connectivity index (χ3v) is 5.06. The van der Waals surface area contributed by atoms with E-state index in [1.54, 1.807) is 7.11 Å². The van der Waals surface area contributed by atoms with Crippen LogP contribution in [0, 0.1) is 5.41 Å². The van der Waals surface area contributed by atoms with Gasteiger partial charge in [0.2, 0.25) is 0 Å². The molecule has 0 saturated carbocycles. The molecule has 1 aromatic carbocycles. The number of benzene rings is 1. The van der Waals surface area contributed by atoms with Gasteiger partial charge in [0, 0.05) is 31.8 Å². The lowest BCUT2D eigenvalue weighted by Crippen LogP contribution is -2.28. The highest BCUT2D eigenvalue weighted by Crippen LogP contribution is 2.36. The molecule has 0 aliphatic carbocycles. The van der Waals surface area contributed by atoms with Gasteiger partial charge in [-0.3, -0.25) is 4.90 Å². The molecule has 0 aromatic heterocycles. The van der Waals surface area contributed by atoms with Gasteiger partial charge >= 0.3 is 0 Å². The Labute approximate surface area is 133 Å². The number of ether oxygens (including phenoxy) is 2. The van der Waals surface area contributed by atoms with Gasteiger partial charge in [-0.05, 0) is 56.0 Å². The molecular weight excluding hydrogens is 276 g/mol. The van der Waals surface area contributed by atoms with Gasteiger partial charge in [-0.2, -0.15) is 0 Å². The first-order valence-electron chi connectivity index (χ1n) is 8.41. The van der Waals surface area contributed by atoms with E-state index in [0.29, 0.717) is 12.0 Å². The summed E-state index contributed by atoms with van der Waals surface area (Å²) in [7, 11) is 1.72. The molecule has 2 heterocycles. The van der Waals surface area contributed by atoms with Gasteiger partial charge in [-0.1, -0.05) is 6.07 Å². The second-order valence-electron chi connectivity index (χ2n) is 6.67. The molecule has 4 nitrogen and oxygen atoms in total. The normalized spacial score (nSPS) is 25.2. The highest BCUT2D eigenvalue weighted by atomic mass is 16.5. The molecule has 0 bridgehead atoms. The van der Waals surface area contributed by atoms with Crippen molar-refractivity contribution in [2.75, 3.05) is 39.9 Å². The largest absolute Gasteiger partial charge is 0.496 e. The van der Waals surface area contributed by atoms with Crippen LogP contribution in [-0.4, -0.2) is 44.8 Å². The summed E-state index contributed by atoms with van der Waals surface area (Å²) in [6, 6.07) is 6.51. The van der Waals surface area contributed by atoms with Gasteiger partial charge in [0.25, 0.3) is 0 Å². The standard InChI is InChI=1S/C18H28N2O2/c1-3-22-12-16-10-15(4-5-17(16)21-2)11-20-9-7-18(14-20)6-8-19-13-18/h4-5,10,19H,3,6-9,11-14H2,1-2H3. The topological polar surface area (TPSA) is 33.7 Å². The summed E-state index contributed by atoms with van der Waals surface area (Å²) in [6.45, 7) is 9.24. The van der Waals surface area contributed by atoms with Crippen molar-refractivity contribution in [2.45, 2.75) is 32.9 Å². The summed E-state index contributed by atoms with van der Waals surface area (Å²) in [4.78, 5) is 2.60. The summed E-state index contributed by atoms with van der Waals surface area (Å²) in [5.74, 6) is 0.926. The Balaban J connectivity index is 1.65. The van der Waals surface area contributed by atoms with Gasteiger partial charge in [0.15, 0.2) is 0 Å². The molecule has 2 aliphatic heterocycles. The van der Waals surface area contributed by atoms with E-state index >= 15 is 0 Å². The Morgan fingerprint density at radius 2 is 2.23 bits per heavy atom. The fraction of sp³-hybridized carbons (Fsp3) is 0.667. The Morgan fingerprint density at radius 1 is 1.32 bits per heavy atom. The van der Waals surface area contributed by atoms with Crippen molar-refractivity contribution in [3.8, 4) is 5.75 Å². The third kappa shape index (κ3) is 3.45. The zero-order valence-corrected chi connectivity index (χ0v) is 13.9. The molecule has 2 fully saturated rings. The maximum atomic E-state index is 5.56. The predicted molar refractivity (Wildman–Crippen MR) is 88.1 cm³/mol. The van der Waals surface area contributed by atoms with E-state index in [0.717, 1.165) is 24.5 Å². The summed E-state index contributed by atoms with van der Waals surface area (Å²) in [5, 5.41) is 3.53. The van der Waals surface area contributed by atoms with E-state index in [-0.39, 0.29) is 0 Å². The summed E-state index contributed by atoms with van der Waals surface area (Å²) < 4.78 is 11.0. The van der Waals surface area contributed by atoms with Crippen LogP contribution in [0.4, 0.5) is 0 Å². The van der Waals surface area contributed by atoms with Crippen molar-refractivity contribution >= 4 is 0 Å². The highest BCUT2D eigenvalue weighted by molar-refractivity contribution is 5.37. The predicted octanol–water partition coefficient (Wildman–Crippen LogP) is 2.42. The Morgan fingerprint density at radius 3 is 2.95 bits per heavy atom. The van der Waals surface area contributed by atoms with Crippen LogP contribution in [0.2, 0.25) is 0 Å². The van der Waals surface area contributed by atoms with E-state index in [1.165, 1.54) is 44.6 Å². The third-order valence-electron chi connectivity index (χ3n) is 5.06. The van der Waals surface area contributed by atoms with Crippen molar-refractivity contribution in [2.24, 2.45) is 5.41 Å². The first-order chi connectivity index (χ1) is 10.7. The molecule has 1 N–H and O–H groups in total. The summed E-state index contributed by atoms with van der Waals surface area (Å²) in [6.07, 6.45) is 2.67. The molecule has 1 atom stereocenters. The lowest BCUT2D eigenvalue weighted by Gasteiger charge is -2.23. The van der Waals surface area contributed by atoms with E-state index < -0.39 is 0 Å². The Kier molecular flexibility index (Phi) is 5.01.